The van der Waals surface area contributed by atoms with Gasteiger partial charge in [-0.15, -0.1) is 12.4 Å². The lowest BCUT2D eigenvalue weighted by molar-refractivity contribution is 0.259. The molecule has 0 radical (unpaired) electrons. The zero-order valence-electron chi connectivity index (χ0n) is 13.4. The Bertz CT molecular complexity index is 687. The first-order chi connectivity index (χ1) is 10.7. The van der Waals surface area contributed by atoms with Crippen molar-refractivity contribution in [3.63, 3.8) is 0 Å². The summed E-state index contributed by atoms with van der Waals surface area (Å²) in [7, 11) is 2.23. The van der Waals surface area contributed by atoms with Crippen LogP contribution in [0.25, 0.3) is 0 Å². The molecule has 2 aromatic rings. The van der Waals surface area contributed by atoms with Gasteiger partial charge in [0, 0.05) is 18.5 Å². The zero-order chi connectivity index (χ0) is 15.1. The summed E-state index contributed by atoms with van der Waals surface area (Å²) in [6.45, 7) is 1.13. The third-order valence-electron chi connectivity index (χ3n) is 5.60. The highest BCUT2D eigenvalue weighted by Gasteiger charge is 2.42. The molecule has 1 saturated heterocycles. The van der Waals surface area contributed by atoms with Gasteiger partial charge in [-0.25, -0.2) is 4.39 Å². The number of hydrogen-bond acceptors (Lipinski definition) is 1. The topological polar surface area (TPSA) is 3.24 Å². The molecule has 0 amide bonds. The van der Waals surface area contributed by atoms with Crippen LogP contribution in [-0.2, 0) is 12.8 Å². The summed E-state index contributed by atoms with van der Waals surface area (Å²) in [5.41, 5.74) is 4.20. The summed E-state index contributed by atoms with van der Waals surface area (Å²) in [5.74, 6) is 1.22. The molecule has 0 bridgehead atoms. The van der Waals surface area contributed by atoms with E-state index in [0.29, 0.717) is 17.9 Å². The molecular formula is C20H23ClFN. The molecule has 3 heteroatoms. The van der Waals surface area contributed by atoms with Gasteiger partial charge in [0.2, 0.25) is 0 Å². The Morgan fingerprint density at radius 2 is 1.96 bits per heavy atom. The molecule has 2 aliphatic rings. The molecule has 2 aromatic carbocycles. The third kappa shape index (κ3) is 3.02. The minimum absolute atomic E-state index is 0. The second kappa shape index (κ2) is 6.62. The molecule has 1 aliphatic carbocycles. The summed E-state index contributed by atoms with van der Waals surface area (Å²) in [5, 5.41) is 0. The number of aryl methyl sites for hydroxylation is 1. The van der Waals surface area contributed by atoms with Gasteiger partial charge in [-0.05, 0) is 61.1 Å². The van der Waals surface area contributed by atoms with E-state index in [-0.39, 0.29) is 18.2 Å². The maximum absolute atomic E-state index is 13.5. The van der Waals surface area contributed by atoms with Gasteiger partial charge in [-0.2, -0.15) is 0 Å². The maximum atomic E-state index is 13.5. The van der Waals surface area contributed by atoms with Crippen LogP contribution >= 0.6 is 12.4 Å². The first kappa shape index (κ1) is 16.5. The van der Waals surface area contributed by atoms with Crippen molar-refractivity contribution in [2.45, 2.75) is 31.2 Å². The van der Waals surface area contributed by atoms with E-state index in [2.05, 4.69) is 42.3 Å². The third-order valence-corrected chi connectivity index (χ3v) is 5.60. The van der Waals surface area contributed by atoms with Crippen LogP contribution in [0, 0.1) is 11.7 Å². The van der Waals surface area contributed by atoms with E-state index in [1.54, 1.807) is 11.6 Å². The van der Waals surface area contributed by atoms with E-state index in [1.807, 2.05) is 6.07 Å². The van der Waals surface area contributed by atoms with Gasteiger partial charge in [-0.3, -0.25) is 0 Å². The van der Waals surface area contributed by atoms with Crippen LogP contribution in [0.15, 0.2) is 48.5 Å². The fraction of sp³-hybridized carbons (Fsp3) is 0.400. The Morgan fingerprint density at radius 3 is 2.78 bits per heavy atom. The van der Waals surface area contributed by atoms with Crippen LogP contribution in [-0.4, -0.2) is 24.5 Å². The van der Waals surface area contributed by atoms with Crippen LogP contribution in [0.5, 0.6) is 0 Å². The summed E-state index contributed by atoms with van der Waals surface area (Å²) in [4.78, 5) is 2.49. The van der Waals surface area contributed by atoms with Crippen molar-refractivity contribution in [3.05, 3.63) is 71.0 Å². The average Bonchev–Trinajstić information content (AvgIpc) is 2.84. The molecular weight excluding hydrogens is 309 g/mol. The molecule has 122 valence electrons. The van der Waals surface area contributed by atoms with Gasteiger partial charge in [0.1, 0.15) is 5.82 Å². The molecule has 1 heterocycles. The molecule has 1 nitrogen and oxygen atoms in total. The fourth-order valence-corrected chi connectivity index (χ4v) is 4.56. The van der Waals surface area contributed by atoms with Gasteiger partial charge >= 0.3 is 0 Å². The van der Waals surface area contributed by atoms with Crippen molar-refractivity contribution < 1.29 is 4.39 Å². The second-order valence-electron chi connectivity index (χ2n) is 6.85. The second-order valence-corrected chi connectivity index (χ2v) is 6.85. The van der Waals surface area contributed by atoms with Crippen LogP contribution in [0.4, 0.5) is 4.39 Å². The van der Waals surface area contributed by atoms with E-state index in [0.717, 1.165) is 18.5 Å². The van der Waals surface area contributed by atoms with Crippen molar-refractivity contribution in [1.29, 1.82) is 0 Å². The number of likely N-dealkylation sites (N-methyl/N-ethyl adjacent to an activating group) is 1. The maximum Gasteiger partial charge on any atom is 0.123 e. The summed E-state index contributed by atoms with van der Waals surface area (Å²) in [6.07, 6.45) is 3.40. The van der Waals surface area contributed by atoms with E-state index >= 15 is 0 Å². The first-order valence-electron chi connectivity index (χ1n) is 8.25. The summed E-state index contributed by atoms with van der Waals surface area (Å²) < 4.78 is 13.5. The lowest BCUT2D eigenvalue weighted by Crippen LogP contribution is -2.32. The highest BCUT2D eigenvalue weighted by Crippen LogP contribution is 2.45. The number of likely N-dealkylation sites (tertiary alicyclic amines) is 1. The van der Waals surface area contributed by atoms with E-state index in [1.165, 1.54) is 24.5 Å². The minimum atomic E-state index is -0.122. The highest BCUT2D eigenvalue weighted by molar-refractivity contribution is 5.85. The number of rotatable bonds is 2. The van der Waals surface area contributed by atoms with E-state index < -0.39 is 0 Å². The predicted octanol–water partition coefficient (Wildman–Crippen LogP) is 4.45. The van der Waals surface area contributed by atoms with Crippen LogP contribution in [0.3, 0.4) is 0 Å². The smallest absolute Gasteiger partial charge is 0.123 e. The SMILES string of the molecule is CN1CC2c3ccccc3CCC2C1Cc1cccc(F)c1.Cl. The average molecular weight is 332 g/mol. The van der Waals surface area contributed by atoms with Gasteiger partial charge in [0.15, 0.2) is 0 Å². The summed E-state index contributed by atoms with van der Waals surface area (Å²) in [6, 6.07) is 16.5. The Morgan fingerprint density at radius 1 is 1.13 bits per heavy atom. The molecule has 0 spiro atoms. The molecule has 0 aromatic heterocycles. The molecule has 3 atom stereocenters. The standard InChI is InChI=1S/C20H22FN.ClH/c1-22-13-19-17-8-3-2-6-15(17)9-10-18(19)20(22)12-14-5-4-7-16(21)11-14;/h2-8,11,18-20H,9-10,12-13H2,1H3;1H. The van der Waals surface area contributed by atoms with Crippen LogP contribution in [0.2, 0.25) is 0 Å². The Hall–Kier alpha value is -1.38. The molecule has 4 rings (SSSR count). The van der Waals surface area contributed by atoms with Crippen molar-refractivity contribution in [2.24, 2.45) is 5.92 Å². The number of hydrogen-bond donors (Lipinski definition) is 0. The first-order valence-corrected chi connectivity index (χ1v) is 8.25. The van der Waals surface area contributed by atoms with Crippen molar-refractivity contribution in [2.75, 3.05) is 13.6 Å². The monoisotopic (exact) mass is 331 g/mol. The van der Waals surface area contributed by atoms with Gasteiger partial charge in [0.05, 0.1) is 0 Å². The highest BCUT2D eigenvalue weighted by atomic mass is 35.5. The molecule has 0 N–H and O–H groups in total. The largest absolute Gasteiger partial charge is 0.302 e. The van der Waals surface area contributed by atoms with Crippen molar-refractivity contribution in [3.8, 4) is 0 Å². The molecule has 23 heavy (non-hydrogen) atoms. The predicted molar refractivity (Wildman–Crippen MR) is 94.8 cm³/mol. The number of fused-ring (bicyclic) bond motifs is 3. The Kier molecular flexibility index (Phi) is 4.74. The van der Waals surface area contributed by atoms with Gasteiger partial charge < -0.3 is 4.90 Å². The Balaban J connectivity index is 0.00000156. The number of nitrogens with zero attached hydrogens (tertiary/aromatic N) is 1. The quantitative estimate of drug-likeness (QED) is 0.786. The lowest BCUT2D eigenvalue weighted by Gasteiger charge is -2.31. The number of halogens is 2. The normalized spacial score (nSPS) is 26.3. The lowest BCUT2D eigenvalue weighted by atomic mass is 9.74. The molecule has 0 saturated carbocycles. The minimum Gasteiger partial charge on any atom is -0.302 e. The molecule has 1 fully saturated rings. The van der Waals surface area contributed by atoms with Crippen LogP contribution < -0.4 is 0 Å². The van der Waals surface area contributed by atoms with Gasteiger partial charge in [-0.1, -0.05) is 36.4 Å². The van der Waals surface area contributed by atoms with Crippen LogP contribution in [0.1, 0.15) is 29.0 Å². The van der Waals surface area contributed by atoms with Gasteiger partial charge in [0.25, 0.3) is 0 Å². The Labute approximate surface area is 143 Å². The van der Waals surface area contributed by atoms with E-state index in [9.17, 15) is 4.39 Å². The van der Waals surface area contributed by atoms with Crippen molar-refractivity contribution in [1.82, 2.24) is 4.90 Å². The van der Waals surface area contributed by atoms with Crippen molar-refractivity contribution >= 4 is 12.4 Å². The zero-order valence-corrected chi connectivity index (χ0v) is 14.2. The summed E-state index contributed by atoms with van der Waals surface area (Å²) >= 11 is 0. The fourth-order valence-electron chi connectivity index (χ4n) is 4.56. The number of benzene rings is 2. The van der Waals surface area contributed by atoms with E-state index in [4.69, 9.17) is 0 Å². The molecule has 3 unspecified atom stereocenters. The molecule has 1 aliphatic heterocycles.